The summed E-state index contributed by atoms with van der Waals surface area (Å²) in [5, 5.41) is 6.36. The van der Waals surface area contributed by atoms with Crippen molar-refractivity contribution in [3.05, 3.63) is 24.3 Å². The number of nitrogens with zero attached hydrogens (tertiary/aromatic N) is 2. The highest BCUT2D eigenvalue weighted by Gasteiger charge is 2.26. The molecular weight excluding hydrogens is 364 g/mol. The van der Waals surface area contributed by atoms with Gasteiger partial charge in [-0.2, -0.15) is 0 Å². The monoisotopic (exact) mass is 380 g/mol. The van der Waals surface area contributed by atoms with E-state index in [1.165, 1.54) is 11.8 Å². The Balaban J connectivity index is 1.50. The van der Waals surface area contributed by atoms with Crippen LogP contribution in [0.3, 0.4) is 0 Å². The maximum Gasteiger partial charge on any atom is 0.239 e. The number of benzene rings is 1. The second-order valence-corrected chi connectivity index (χ2v) is 7.42. The molecule has 24 heavy (non-hydrogen) atoms. The molecule has 2 aliphatic rings. The summed E-state index contributed by atoms with van der Waals surface area (Å²) in [5.74, 6) is 0.512. The molecule has 0 radical (unpaired) electrons. The number of carbonyl (C=O) groups excluding carboxylic acids is 2. The summed E-state index contributed by atoms with van der Waals surface area (Å²) in [6, 6.07) is 7.63. The summed E-state index contributed by atoms with van der Waals surface area (Å²) in [6.07, 6.45) is 1.16. The largest absolute Gasteiger partial charge is 0.367 e. The van der Waals surface area contributed by atoms with Crippen LogP contribution in [0.4, 0.5) is 11.4 Å². The molecule has 1 aromatic rings. The van der Waals surface area contributed by atoms with E-state index >= 15 is 0 Å². The normalized spacial score (nSPS) is 17.8. The van der Waals surface area contributed by atoms with Crippen LogP contribution in [0.1, 0.15) is 12.8 Å². The van der Waals surface area contributed by atoms with Crippen LogP contribution >= 0.6 is 36.2 Å². The van der Waals surface area contributed by atoms with Crippen LogP contribution in [0.5, 0.6) is 0 Å². The van der Waals surface area contributed by atoms with Crippen LogP contribution in [0.25, 0.3) is 0 Å². The zero-order valence-corrected chi connectivity index (χ0v) is 15.2. The van der Waals surface area contributed by atoms with Crippen LogP contribution in [-0.4, -0.2) is 50.0 Å². The van der Waals surface area contributed by atoms with E-state index in [-0.39, 0.29) is 11.8 Å². The molecule has 2 aliphatic heterocycles. The van der Waals surface area contributed by atoms with Gasteiger partial charge >= 0.3 is 0 Å². The number of anilines is 2. The number of carbonyl (C=O) groups is 2. The molecule has 3 rings (SSSR count). The number of hydrogen-bond donors (Lipinski definition) is 2. The van der Waals surface area contributed by atoms with Gasteiger partial charge in [-0.1, -0.05) is 36.2 Å². The first-order valence-corrected chi connectivity index (χ1v) is 9.23. The molecular formula is C15H16N4O2S3. The predicted octanol–water partition coefficient (Wildman–Crippen LogP) is 2.24. The van der Waals surface area contributed by atoms with Gasteiger partial charge in [0, 0.05) is 24.2 Å². The number of rotatable bonds is 6. The van der Waals surface area contributed by atoms with Gasteiger partial charge in [-0.3, -0.25) is 19.4 Å². The van der Waals surface area contributed by atoms with Crippen molar-refractivity contribution in [3.63, 3.8) is 0 Å². The maximum absolute atomic E-state index is 11.7. The summed E-state index contributed by atoms with van der Waals surface area (Å²) in [6.45, 7) is 0.756. The third-order valence-corrected chi connectivity index (χ3v) is 5.62. The van der Waals surface area contributed by atoms with Crippen LogP contribution < -0.4 is 10.6 Å². The van der Waals surface area contributed by atoms with E-state index in [2.05, 4.69) is 10.6 Å². The lowest BCUT2D eigenvalue weighted by Crippen LogP contribution is -2.33. The van der Waals surface area contributed by atoms with Crippen molar-refractivity contribution in [2.24, 2.45) is 0 Å². The van der Waals surface area contributed by atoms with Gasteiger partial charge in [0.1, 0.15) is 4.32 Å². The van der Waals surface area contributed by atoms with Gasteiger partial charge in [0.25, 0.3) is 0 Å². The Bertz CT molecular complexity index is 601. The van der Waals surface area contributed by atoms with Crippen molar-refractivity contribution in [1.82, 2.24) is 9.80 Å². The van der Waals surface area contributed by atoms with E-state index in [9.17, 15) is 9.59 Å². The Hall–Kier alpha value is -1.71. The molecule has 2 N–H and O–H groups in total. The highest BCUT2D eigenvalue weighted by atomic mass is 32.2. The van der Waals surface area contributed by atoms with Gasteiger partial charge in [-0.05, 0) is 24.3 Å². The zero-order valence-electron chi connectivity index (χ0n) is 12.8. The predicted molar refractivity (Wildman–Crippen MR) is 104 cm³/mol. The van der Waals surface area contributed by atoms with Crippen molar-refractivity contribution in [2.75, 3.05) is 29.7 Å². The number of hydrogen-bond acceptors (Lipinski definition) is 7. The molecule has 1 aromatic carbocycles. The lowest BCUT2D eigenvalue weighted by Gasteiger charge is -2.18. The molecule has 0 bridgehead atoms. The van der Waals surface area contributed by atoms with E-state index in [4.69, 9.17) is 24.4 Å². The SMILES string of the molecule is O=C1CCC(=S)N1CNc1ccc(NCN2C(=O)CSC2=S)cc1. The first-order valence-electron chi connectivity index (χ1n) is 7.43. The van der Waals surface area contributed by atoms with Crippen molar-refractivity contribution >= 4 is 68.7 Å². The number of thioether (sulfide) groups is 1. The van der Waals surface area contributed by atoms with Crippen LogP contribution in [0.2, 0.25) is 0 Å². The summed E-state index contributed by atoms with van der Waals surface area (Å²) in [5.41, 5.74) is 1.78. The van der Waals surface area contributed by atoms with Gasteiger partial charge in [-0.15, -0.1) is 0 Å². The van der Waals surface area contributed by atoms with Crippen molar-refractivity contribution in [2.45, 2.75) is 12.8 Å². The average Bonchev–Trinajstić information content (AvgIpc) is 3.07. The van der Waals surface area contributed by atoms with E-state index in [1.54, 1.807) is 9.80 Å². The highest BCUT2D eigenvalue weighted by Crippen LogP contribution is 2.20. The molecule has 6 nitrogen and oxygen atoms in total. The van der Waals surface area contributed by atoms with E-state index in [0.717, 1.165) is 11.4 Å². The van der Waals surface area contributed by atoms with Gasteiger partial charge in [-0.25, -0.2) is 0 Å². The van der Waals surface area contributed by atoms with Crippen molar-refractivity contribution < 1.29 is 9.59 Å². The minimum Gasteiger partial charge on any atom is -0.367 e. The first kappa shape index (κ1) is 17.1. The second kappa shape index (κ2) is 7.45. The molecule has 0 spiro atoms. The zero-order chi connectivity index (χ0) is 17.1. The number of thiocarbonyl (C=S) groups is 2. The molecule has 2 heterocycles. The fourth-order valence-electron chi connectivity index (χ4n) is 2.38. The fraction of sp³-hybridized carbons (Fsp3) is 0.333. The maximum atomic E-state index is 11.7. The summed E-state index contributed by atoms with van der Waals surface area (Å²) in [7, 11) is 0. The first-order chi connectivity index (χ1) is 11.5. The van der Waals surface area contributed by atoms with Crippen LogP contribution in [-0.2, 0) is 9.59 Å². The number of nitrogens with one attached hydrogen (secondary N) is 2. The summed E-state index contributed by atoms with van der Waals surface area (Å²) >= 11 is 11.7. The van der Waals surface area contributed by atoms with Crippen molar-refractivity contribution in [1.29, 1.82) is 0 Å². The fourth-order valence-corrected chi connectivity index (χ4v) is 3.72. The Kier molecular flexibility index (Phi) is 5.32. The van der Waals surface area contributed by atoms with Gasteiger partial charge in [0.05, 0.1) is 24.1 Å². The average molecular weight is 381 g/mol. The lowest BCUT2D eigenvalue weighted by molar-refractivity contribution is -0.125. The minimum absolute atomic E-state index is 0.0297. The van der Waals surface area contributed by atoms with Crippen LogP contribution in [0, 0.1) is 0 Å². The second-order valence-electron chi connectivity index (χ2n) is 5.34. The molecule has 2 fully saturated rings. The Labute approximate surface area is 154 Å². The standard InChI is InChI=1S/C15H16N4O2S3/c20-12-5-6-14(22)18(12)8-16-10-1-3-11(4-2-10)17-9-19-13(21)7-24-15(19)23/h1-4,16-17H,5-9H2. The molecule has 0 atom stereocenters. The molecule has 0 aromatic heterocycles. The van der Waals surface area contributed by atoms with Gasteiger partial charge in [0.2, 0.25) is 11.8 Å². The molecule has 2 amide bonds. The molecule has 0 aliphatic carbocycles. The van der Waals surface area contributed by atoms with Gasteiger partial charge < -0.3 is 10.6 Å². The Morgan fingerprint density at radius 1 is 0.917 bits per heavy atom. The molecule has 0 unspecified atom stereocenters. The van der Waals surface area contributed by atoms with E-state index in [0.29, 0.717) is 41.2 Å². The molecule has 0 saturated carbocycles. The smallest absolute Gasteiger partial charge is 0.239 e. The Morgan fingerprint density at radius 3 is 1.96 bits per heavy atom. The third-order valence-electron chi connectivity index (χ3n) is 3.76. The van der Waals surface area contributed by atoms with Crippen LogP contribution in [0.15, 0.2) is 24.3 Å². The number of likely N-dealkylation sites (tertiary alicyclic amines) is 1. The minimum atomic E-state index is 0.0297. The third kappa shape index (κ3) is 3.85. The Morgan fingerprint density at radius 2 is 1.50 bits per heavy atom. The van der Waals surface area contributed by atoms with Crippen molar-refractivity contribution in [3.8, 4) is 0 Å². The molecule has 9 heteroatoms. The lowest BCUT2D eigenvalue weighted by atomic mass is 10.3. The summed E-state index contributed by atoms with van der Waals surface area (Å²) < 4.78 is 0.608. The summed E-state index contributed by atoms with van der Waals surface area (Å²) in [4.78, 5) is 27.2. The van der Waals surface area contributed by atoms with E-state index < -0.39 is 0 Å². The quantitative estimate of drug-likeness (QED) is 0.734. The van der Waals surface area contributed by atoms with E-state index in [1.807, 2.05) is 24.3 Å². The number of amides is 2. The van der Waals surface area contributed by atoms with Gasteiger partial charge in [0.15, 0.2) is 0 Å². The highest BCUT2D eigenvalue weighted by molar-refractivity contribution is 8.23. The molecule has 126 valence electrons. The topological polar surface area (TPSA) is 64.7 Å². The molecule has 2 saturated heterocycles.